The molecule has 1 aliphatic heterocycles. The molecule has 0 atom stereocenters. The van der Waals surface area contributed by atoms with Crippen molar-refractivity contribution in [1.82, 2.24) is 5.32 Å². The number of halogens is 1. The van der Waals surface area contributed by atoms with Crippen molar-refractivity contribution in [3.8, 4) is 0 Å². The van der Waals surface area contributed by atoms with E-state index in [9.17, 15) is 0 Å². The summed E-state index contributed by atoms with van der Waals surface area (Å²) < 4.78 is 0. The van der Waals surface area contributed by atoms with Crippen LogP contribution in [0.25, 0.3) is 0 Å². The molecule has 2 fully saturated rings. The van der Waals surface area contributed by atoms with E-state index in [-0.39, 0.29) is 0 Å². The predicted molar refractivity (Wildman–Crippen MR) is 57.2 cm³/mol. The van der Waals surface area contributed by atoms with Gasteiger partial charge in [0.05, 0.1) is 0 Å². The summed E-state index contributed by atoms with van der Waals surface area (Å²) in [5.74, 6) is 2.00. The van der Waals surface area contributed by atoms with Crippen LogP contribution in [0.3, 0.4) is 0 Å². The highest BCUT2D eigenvalue weighted by Crippen LogP contribution is 2.35. The van der Waals surface area contributed by atoms with Gasteiger partial charge in [-0.1, -0.05) is 0 Å². The van der Waals surface area contributed by atoms with Crippen LogP contribution in [0.5, 0.6) is 0 Å². The van der Waals surface area contributed by atoms with Gasteiger partial charge >= 0.3 is 0 Å². The number of nitrogens with one attached hydrogen (secondary N) is 1. The molecule has 0 radical (unpaired) electrons. The van der Waals surface area contributed by atoms with Gasteiger partial charge in [-0.25, -0.2) is 0 Å². The summed E-state index contributed by atoms with van der Waals surface area (Å²) in [6.07, 6.45) is 8.10. The first-order valence-corrected chi connectivity index (χ1v) is 6.14. The van der Waals surface area contributed by atoms with Gasteiger partial charge in [0.2, 0.25) is 0 Å². The first-order chi connectivity index (χ1) is 6.36. The van der Waals surface area contributed by atoms with Crippen molar-refractivity contribution in [3.05, 3.63) is 0 Å². The van der Waals surface area contributed by atoms with Crippen molar-refractivity contribution in [2.24, 2.45) is 11.8 Å². The molecule has 76 valence electrons. The molecule has 2 aliphatic rings. The summed E-state index contributed by atoms with van der Waals surface area (Å²) in [4.78, 5) is 0. The number of hydrogen-bond donors (Lipinski definition) is 1. The lowest BCUT2D eigenvalue weighted by Crippen LogP contribution is -2.33. The molecule has 0 bridgehead atoms. The molecule has 2 rings (SSSR count). The van der Waals surface area contributed by atoms with E-state index in [1.54, 1.807) is 0 Å². The van der Waals surface area contributed by atoms with Crippen molar-refractivity contribution in [2.45, 2.75) is 43.9 Å². The summed E-state index contributed by atoms with van der Waals surface area (Å²) >= 11 is 6.11. The Hall–Kier alpha value is 0.250. The Morgan fingerprint density at radius 3 is 1.92 bits per heavy atom. The van der Waals surface area contributed by atoms with Crippen LogP contribution >= 0.6 is 11.6 Å². The maximum Gasteiger partial charge on any atom is 0.0336 e. The van der Waals surface area contributed by atoms with Gasteiger partial charge in [0.1, 0.15) is 0 Å². The first kappa shape index (κ1) is 9.79. The van der Waals surface area contributed by atoms with E-state index in [1.165, 1.54) is 51.6 Å². The third kappa shape index (κ3) is 2.60. The molecule has 0 amide bonds. The Kier molecular flexibility index (Phi) is 3.51. The fourth-order valence-corrected chi connectivity index (χ4v) is 3.12. The zero-order valence-electron chi connectivity index (χ0n) is 8.27. The SMILES string of the molecule is ClC1CCC(C2CCNCC2)CC1. The molecular weight excluding hydrogens is 182 g/mol. The smallest absolute Gasteiger partial charge is 0.0336 e. The van der Waals surface area contributed by atoms with Gasteiger partial charge in [-0.15, -0.1) is 11.6 Å². The third-order valence-corrected chi connectivity index (χ3v) is 4.19. The van der Waals surface area contributed by atoms with Gasteiger partial charge < -0.3 is 5.32 Å². The molecule has 1 aliphatic carbocycles. The summed E-state index contributed by atoms with van der Waals surface area (Å²) in [7, 11) is 0. The van der Waals surface area contributed by atoms with E-state index in [1.807, 2.05) is 0 Å². The van der Waals surface area contributed by atoms with Crippen LogP contribution in [-0.4, -0.2) is 18.5 Å². The molecule has 13 heavy (non-hydrogen) atoms. The second-order valence-corrected chi connectivity index (χ2v) is 5.22. The monoisotopic (exact) mass is 201 g/mol. The summed E-state index contributed by atoms with van der Waals surface area (Å²) in [6, 6.07) is 0. The Bertz CT molecular complexity index is 146. The van der Waals surface area contributed by atoms with E-state index in [0.717, 1.165) is 11.8 Å². The fourth-order valence-electron chi connectivity index (χ4n) is 2.87. The van der Waals surface area contributed by atoms with Gasteiger partial charge in [0.15, 0.2) is 0 Å². The highest BCUT2D eigenvalue weighted by atomic mass is 35.5. The lowest BCUT2D eigenvalue weighted by molar-refractivity contribution is 0.205. The molecule has 2 heteroatoms. The molecule has 0 aromatic heterocycles. The maximum atomic E-state index is 6.11. The van der Waals surface area contributed by atoms with Gasteiger partial charge in [0, 0.05) is 5.38 Å². The molecular formula is C11H20ClN. The molecule has 0 unspecified atom stereocenters. The predicted octanol–water partition coefficient (Wildman–Crippen LogP) is 2.78. The highest BCUT2D eigenvalue weighted by Gasteiger charge is 2.27. The Morgan fingerprint density at radius 1 is 0.769 bits per heavy atom. The number of alkyl halides is 1. The fraction of sp³-hybridized carbons (Fsp3) is 1.00. The van der Waals surface area contributed by atoms with Crippen LogP contribution in [0.15, 0.2) is 0 Å². The highest BCUT2D eigenvalue weighted by molar-refractivity contribution is 6.20. The normalized spacial score (nSPS) is 37.6. The standard InChI is InChI=1S/C11H20ClN/c12-11-3-1-9(2-4-11)10-5-7-13-8-6-10/h9-11,13H,1-8H2. The first-order valence-electron chi connectivity index (χ1n) is 5.71. The third-order valence-electron chi connectivity index (χ3n) is 3.75. The van der Waals surface area contributed by atoms with Crippen LogP contribution in [0.1, 0.15) is 38.5 Å². The van der Waals surface area contributed by atoms with Crippen molar-refractivity contribution >= 4 is 11.6 Å². The van der Waals surface area contributed by atoms with E-state index in [4.69, 9.17) is 11.6 Å². The molecule has 1 saturated heterocycles. The lowest BCUT2D eigenvalue weighted by atomic mass is 9.76. The van der Waals surface area contributed by atoms with E-state index in [2.05, 4.69) is 5.32 Å². The van der Waals surface area contributed by atoms with E-state index >= 15 is 0 Å². The molecule has 0 spiro atoms. The average Bonchev–Trinajstić information content (AvgIpc) is 2.20. The minimum atomic E-state index is 0.484. The minimum absolute atomic E-state index is 0.484. The average molecular weight is 202 g/mol. The van der Waals surface area contributed by atoms with Crippen molar-refractivity contribution in [1.29, 1.82) is 0 Å². The van der Waals surface area contributed by atoms with Gasteiger partial charge in [-0.05, 0) is 63.5 Å². The Balaban J connectivity index is 1.79. The van der Waals surface area contributed by atoms with Crippen molar-refractivity contribution in [3.63, 3.8) is 0 Å². The quantitative estimate of drug-likeness (QED) is 0.644. The van der Waals surface area contributed by atoms with Gasteiger partial charge in [0.25, 0.3) is 0 Å². The molecule has 1 saturated carbocycles. The number of rotatable bonds is 1. The molecule has 1 nitrogen and oxygen atoms in total. The maximum absolute atomic E-state index is 6.11. The van der Waals surface area contributed by atoms with Gasteiger partial charge in [-0.3, -0.25) is 0 Å². The number of hydrogen-bond acceptors (Lipinski definition) is 1. The zero-order valence-corrected chi connectivity index (χ0v) is 9.02. The molecule has 1 heterocycles. The summed E-state index contributed by atoms with van der Waals surface area (Å²) in [5, 5.41) is 3.92. The van der Waals surface area contributed by atoms with E-state index in [0.29, 0.717) is 5.38 Å². The summed E-state index contributed by atoms with van der Waals surface area (Å²) in [6.45, 7) is 2.48. The second-order valence-electron chi connectivity index (χ2n) is 4.60. The van der Waals surface area contributed by atoms with Crippen molar-refractivity contribution in [2.75, 3.05) is 13.1 Å². The second kappa shape index (κ2) is 4.65. The lowest BCUT2D eigenvalue weighted by Gasteiger charge is -2.34. The van der Waals surface area contributed by atoms with E-state index < -0.39 is 0 Å². The van der Waals surface area contributed by atoms with Crippen LogP contribution in [-0.2, 0) is 0 Å². The largest absolute Gasteiger partial charge is 0.317 e. The minimum Gasteiger partial charge on any atom is -0.317 e. The van der Waals surface area contributed by atoms with Crippen LogP contribution in [0.4, 0.5) is 0 Å². The zero-order chi connectivity index (χ0) is 9.10. The Labute approximate surface area is 86.2 Å². The van der Waals surface area contributed by atoms with Crippen LogP contribution < -0.4 is 5.32 Å². The molecule has 0 aromatic carbocycles. The van der Waals surface area contributed by atoms with Crippen molar-refractivity contribution < 1.29 is 0 Å². The van der Waals surface area contributed by atoms with Gasteiger partial charge in [-0.2, -0.15) is 0 Å². The molecule has 1 N–H and O–H groups in total. The topological polar surface area (TPSA) is 12.0 Å². The molecule has 0 aromatic rings. The van der Waals surface area contributed by atoms with Crippen LogP contribution in [0, 0.1) is 11.8 Å². The van der Waals surface area contributed by atoms with Crippen LogP contribution in [0.2, 0.25) is 0 Å². The summed E-state index contributed by atoms with van der Waals surface area (Å²) in [5.41, 5.74) is 0. The Morgan fingerprint density at radius 2 is 1.31 bits per heavy atom. The number of piperidine rings is 1.